The minimum absolute atomic E-state index is 0.00322. The SMILES string of the molecule is CC(C)CC(CO)Nc1nc(SC(C)c2cccc(C(N)=O)c2)nc2nc(N)sc12. The van der Waals surface area contributed by atoms with Gasteiger partial charge in [-0.25, -0.2) is 15.0 Å². The number of aliphatic hydroxyl groups excluding tert-OH is 1. The van der Waals surface area contributed by atoms with Gasteiger partial charge in [-0.1, -0.05) is 49.1 Å². The third-order valence-corrected chi connectivity index (χ3v) is 6.39. The number of benzene rings is 1. The van der Waals surface area contributed by atoms with Crippen LogP contribution < -0.4 is 16.8 Å². The highest BCUT2D eigenvalue weighted by Gasteiger charge is 2.19. The normalized spacial score (nSPS) is 13.5. The van der Waals surface area contributed by atoms with Gasteiger partial charge in [0.05, 0.1) is 12.6 Å². The Kier molecular flexibility index (Phi) is 7.11. The molecular weight excluding hydrogens is 420 g/mol. The summed E-state index contributed by atoms with van der Waals surface area (Å²) in [7, 11) is 0. The van der Waals surface area contributed by atoms with Gasteiger partial charge in [-0.15, -0.1) is 0 Å². The summed E-state index contributed by atoms with van der Waals surface area (Å²) in [6, 6.07) is 7.09. The quantitative estimate of drug-likeness (QED) is 0.289. The number of thiazole rings is 1. The van der Waals surface area contributed by atoms with Crippen LogP contribution in [-0.2, 0) is 0 Å². The summed E-state index contributed by atoms with van der Waals surface area (Å²) in [6.07, 6.45) is 0.801. The zero-order valence-corrected chi connectivity index (χ0v) is 18.8. The molecule has 2 aromatic heterocycles. The van der Waals surface area contributed by atoms with E-state index in [-0.39, 0.29) is 17.9 Å². The lowest BCUT2D eigenvalue weighted by molar-refractivity contribution is 0.1000. The first kappa shape index (κ1) is 22.3. The molecule has 0 radical (unpaired) electrons. The third-order valence-electron chi connectivity index (χ3n) is 4.49. The number of nitrogens with zero attached hydrogens (tertiary/aromatic N) is 3. The molecule has 3 aromatic rings. The monoisotopic (exact) mass is 446 g/mol. The van der Waals surface area contributed by atoms with Gasteiger partial charge >= 0.3 is 0 Å². The van der Waals surface area contributed by atoms with Crippen LogP contribution in [0.1, 0.15) is 48.4 Å². The average Bonchev–Trinajstić information content (AvgIpc) is 3.07. The molecule has 1 aromatic carbocycles. The molecule has 2 atom stereocenters. The van der Waals surface area contributed by atoms with Crippen molar-refractivity contribution < 1.29 is 9.90 Å². The molecule has 160 valence electrons. The van der Waals surface area contributed by atoms with Crippen LogP contribution in [0.2, 0.25) is 0 Å². The number of primary amides is 1. The number of carbonyl (C=O) groups is 1. The number of thioether (sulfide) groups is 1. The molecule has 0 saturated heterocycles. The highest BCUT2D eigenvalue weighted by Crippen LogP contribution is 2.37. The molecule has 6 N–H and O–H groups in total. The fraction of sp³-hybridized carbons (Fsp3) is 0.400. The van der Waals surface area contributed by atoms with Crippen LogP contribution in [0.3, 0.4) is 0 Å². The van der Waals surface area contributed by atoms with Crippen LogP contribution in [0.15, 0.2) is 29.4 Å². The van der Waals surface area contributed by atoms with Gasteiger partial charge in [0.25, 0.3) is 0 Å². The second kappa shape index (κ2) is 9.59. The van der Waals surface area contributed by atoms with Gasteiger partial charge in [-0.3, -0.25) is 4.79 Å². The van der Waals surface area contributed by atoms with Crippen LogP contribution in [0.4, 0.5) is 10.9 Å². The van der Waals surface area contributed by atoms with Crippen molar-refractivity contribution in [1.82, 2.24) is 15.0 Å². The number of nitrogen functional groups attached to an aromatic ring is 1. The van der Waals surface area contributed by atoms with Crippen LogP contribution in [0.25, 0.3) is 10.3 Å². The van der Waals surface area contributed by atoms with Crippen molar-refractivity contribution in [3.8, 4) is 0 Å². The Balaban J connectivity index is 1.90. The number of rotatable bonds is 9. The topological polar surface area (TPSA) is 140 Å². The van der Waals surface area contributed by atoms with Crippen molar-refractivity contribution in [2.45, 2.75) is 43.6 Å². The number of amides is 1. The van der Waals surface area contributed by atoms with Gasteiger partial charge in [-0.05, 0) is 37.0 Å². The van der Waals surface area contributed by atoms with Crippen LogP contribution in [0.5, 0.6) is 0 Å². The summed E-state index contributed by atoms with van der Waals surface area (Å²) in [5.74, 6) is 0.579. The van der Waals surface area contributed by atoms with E-state index in [0.717, 1.165) is 16.7 Å². The molecule has 0 saturated carbocycles. The number of hydrogen-bond acceptors (Lipinski definition) is 9. The van der Waals surface area contributed by atoms with Crippen molar-refractivity contribution in [1.29, 1.82) is 0 Å². The Hall–Kier alpha value is -2.43. The molecule has 0 aliphatic carbocycles. The fourth-order valence-electron chi connectivity index (χ4n) is 3.08. The maximum Gasteiger partial charge on any atom is 0.248 e. The van der Waals surface area contributed by atoms with Gasteiger partial charge in [0.15, 0.2) is 21.8 Å². The Bertz CT molecular complexity index is 1040. The Morgan fingerprint density at radius 2 is 2.03 bits per heavy atom. The second-order valence-electron chi connectivity index (χ2n) is 7.46. The predicted octanol–water partition coefficient (Wildman–Crippen LogP) is 3.44. The van der Waals surface area contributed by atoms with Gasteiger partial charge in [0.2, 0.25) is 5.91 Å². The molecule has 10 heteroatoms. The first-order valence-electron chi connectivity index (χ1n) is 9.64. The molecule has 30 heavy (non-hydrogen) atoms. The minimum atomic E-state index is -0.462. The summed E-state index contributed by atoms with van der Waals surface area (Å²) < 4.78 is 0.766. The lowest BCUT2D eigenvalue weighted by atomic mass is 10.0. The van der Waals surface area contributed by atoms with Gasteiger partial charge in [-0.2, -0.15) is 0 Å². The Labute approximate surface area is 183 Å². The third kappa shape index (κ3) is 5.38. The molecule has 0 aliphatic heterocycles. The summed E-state index contributed by atoms with van der Waals surface area (Å²) in [4.78, 5) is 25.0. The molecule has 2 unspecified atom stereocenters. The van der Waals surface area contributed by atoms with E-state index < -0.39 is 5.91 Å². The minimum Gasteiger partial charge on any atom is -0.394 e. The molecule has 3 rings (SSSR count). The highest BCUT2D eigenvalue weighted by atomic mass is 32.2. The van der Waals surface area contributed by atoms with E-state index in [1.807, 2.05) is 19.1 Å². The number of carbonyl (C=O) groups excluding carboxylic acids is 1. The van der Waals surface area contributed by atoms with E-state index in [0.29, 0.717) is 33.2 Å². The molecule has 0 bridgehead atoms. The molecule has 8 nitrogen and oxygen atoms in total. The molecule has 0 aliphatic rings. The van der Waals surface area contributed by atoms with Gasteiger partial charge in [0.1, 0.15) is 4.70 Å². The van der Waals surface area contributed by atoms with Crippen molar-refractivity contribution in [2.75, 3.05) is 17.7 Å². The van der Waals surface area contributed by atoms with E-state index in [2.05, 4.69) is 34.1 Å². The smallest absolute Gasteiger partial charge is 0.248 e. The maximum absolute atomic E-state index is 11.5. The van der Waals surface area contributed by atoms with E-state index >= 15 is 0 Å². The summed E-state index contributed by atoms with van der Waals surface area (Å²) in [5.41, 5.74) is 13.2. The Morgan fingerprint density at radius 3 is 2.70 bits per heavy atom. The molecular formula is C20H26N6O2S2. The van der Waals surface area contributed by atoms with Crippen LogP contribution in [-0.4, -0.2) is 38.6 Å². The lowest BCUT2D eigenvalue weighted by Gasteiger charge is -2.19. The van der Waals surface area contributed by atoms with E-state index in [9.17, 15) is 9.90 Å². The first-order valence-corrected chi connectivity index (χ1v) is 11.3. The van der Waals surface area contributed by atoms with Crippen LogP contribution in [0, 0.1) is 5.92 Å². The largest absolute Gasteiger partial charge is 0.394 e. The van der Waals surface area contributed by atoms with Gasteiger partial charge < -0.3 is 21.9 Å². The summed E-state index contributed by atoms with van der Waals surface area (Å²) in [6.45, 7) is 6.22. The zero-order valence-electron chi connectivity index (χ0n) is 17.1. The van der Waals surface area contributed by atoms with Crippen LogP contribution >= 0.6 is 23.1 Å². The average molecular weight is 447 g/mol. The van der Waals surface area contributed by atoms with E-state index in [1.54, 1.807) is 12.1 Å². The number of hydrogen-bond donors (Lipinski definition) is 4. The first-order chi connectivity index (χ1) is 14.3. The van der Waals surface area contributed by atoms with Gasteiger partial charge in [0, 0.05) is 10.8 Å². The number of aromatic nitrogens is 3. The Morgan fingerprint density at radius 1 is 1.27 bits per heavy atom. The number of nitrogens with one attached hydrogen (secondary N) is 1. The van der Waals surface area contributed by atoms with E-state index in [4.69, 9.17) is 11.5 Å². The summed E-state index contributed by atoms with van der Waals surface area (Å²) >= 11 is 2.77. The number of fused-ring (bicyclic) bond motifs is 1. The molecule has 1 amide bonds. The zero-order chi connectivity index (χ0) is 21.8. The summed E-state index contributed by atoms with van der Waals surface area (Å²) in [5, 5.41) is 14.0. The fourth-order valence-corrected chi connectivity index (χ4v) is 4.69. The number of anilines is 2. The van der Waals surface area contributed by atoms with Crippen molar-refractivity contribution >= 4 is 50.3 Å². The second-order valence-corrected chi connectivity index (χ2v) is 9.80. The van der Waals surface area contributed by atoms with E-state index in [1.165, 1.54) is 23.1 Å². The molecule has 2 heterocycles. The molecule has 0 spiro atoms. The predicted molar refractivity (Wildman–Crippen MR) is 123 cm³/mol. The molecule has 0 fully saturated rings. The maximum atomic E-state index is 11.5. The highest BCUT2D eigenvalue weighted by molar-refractivity contribution is 7.99. The van der Waals surface area contributed by atoms with Crippen molar-refractivity contribution in [3.63, 3.8) is 0 Å². The number of nitrogens with two attached hydrogens (primary N) is 2. The van der Waals surface area contributed by atoms with Crippen molar-refractivity contribution in [2.24, 2.45) is 11.7 Å². The van der Waals surface area contributed by atoms with Crippen molar-refractivity contribution in [3.05, 3.63) is 35.4 Å². The standard InChI is InChI=1S/C20H26N6O2S2/c1-10(2)7-14(9-27)23-17-15-18(24-19(22)30-15)26-20(25-17)29-11(3)12-5-4-6-13(8-12)16(21)28/h4-6,8,10-11,14,27H,7,9H2,1-3H3,(H2,21,28)(H3,22,23,24,25,26). The number of aliphatic hydroxyl groups is 1. The lowest BCUT2D eigenvalue weighted by Crippen LogP contribution is -2.26.